The van der Waals surface area contributed by atoms with Crippen molar-refractivity contribution in [3.05, 3.63) is 53.6 Å². The maximum absolute atomic E-state index is 13.4. The van der Waals surface area contributed by atoms with Gasteiger partial charge in [0.2, 0.25) is 11.8 Å². The summed E-state index contributed by atoms with van der Waals surface area (Å²) in [6.07, 6.45) is 5.31. The minimum atomic E-state index is -0.516. The van der Waals surface area contributed by atoms with Gasteiger partial charge in [-0.2, -0.15) is 0 Å². The Labute approximate surface area is 182 Å². The average molecular weight is 421 g/mol. The minimum absolute atomic E-state index is 0.0699. The summed E-state index contributed by atoms with van der Waals surface area (Å²) in [7, 11) is 0. The Hall–Kier alpha value is -3.02. The maximum atomic E-state index is 13.4. The first-order chi connectivity index (χ1) is 15.2. The molecule has 2 fully saturated rings. The first kappa shape index (κ1) is 19.9. The Morgan fingerprint density at radius 1 is 0.968 bits per heavy atom. The molecule has 3 aliphatic rings. The van der Waals surface area contributed by atoms with Crippen LogP contribution >= 0.6 is 0 Å². The molecule has 0 unspecified atom stereocenters. The second-order valence-corrected chi connectivity index (χ2v) is 8.65. The highest BCUT2D eigenvalue weighted by molar-refractivity contribution is 5.95. The number of carbonyl (C=O) groups is 2. The summed E-state index contributed by atoms with van der Waals surface area (Å²) in [5.74, 6) is 1.74. The number of fused-ring (bicyclic) bond motifs is 1. The van der Waals surface area contributed by atoms with Gasteiger partial charge < -0.3 is 19.7 Å². The van der Waals surface area contributed by atoms with Crippen molar-refractivity contribution in [2.75, 3.05) is 24.7 Å². The van der Waals surface area contributed by atoms with E-state index in [2.05, 4.69) is 5.32 Å². The first-order valence-electron chi connectivity index (χ1n) is 11.2. The number of nitrogens with one attached hydrogen (secondary N) is 1. The van der Waals surface area contributed by atoms with E-state index in [9.17, 15) is 9.59 Å². The smallest absolute Gasteiger partial charge is 0.230 e. The van der Waals surface area contributed by atoms with Crippen LogP contribution in [0.15, 0.2) is 42.5 Å². The van der Waals surface area contributed by atoms with Crippen LogP contribution in [-0.4, -0.2) is 31.6 Å². The fourth-order valence-corrected chi connectivity index (χ4v) is 5.03. The summed E-state index contributed by atoms with van der Waals surface area (Å²) in [5, 5.41) is 3.17. The van der Waals surface area contributed by atoms with Crippen LogP contribution in [0, 0.1) is 0 Å². The van der Waals surface area contributed by atoms with Gasteiger partial charge in [0, 0.05) is 25.2 Å². The van der Waals surface area contributed by atoms with Crippen molar-refractivity contribution in [3.8, 4) is 11.5 Å². The number of ether oxygens (including phenoxy) is 2. The molecule has 0 spiro atoms. The van der Waals surface area contributed by atoms with Crippen LogP contribution in [0.5, 0.6) is 11.5 Å². The minimum Gasteiger partial charge on any atom is -0.486 e. The van der Waals surface area contributed by atoms with Gasteiger partial charge >= 0.3 is 0 Å². The number of hydrogen-bond donors (Lipinski definition) is 1. The van der Waals surface area contributed by atoms with E-state index >= 15 is 0 Å². The van der Waals surface area contributed by atoms with Gasteiger partial charge in [0.05, 0.1) is 5.41 Å². The van der Waals surface area contributed by atoms with E-state index in [1.807, 2.05) is 47.4 Å². The van der Waals surface area contributed by atoms with Crippen molar-refractivity contribution in [3.63, 3.8) is 0 Å². The van der Waals surface area contributed by atoms with Gasteiger partial charge in [0.15, 0.2) is 11.5 Å². The number of nitrogens with zero attached hydrogens (tertiary/aromatic N) is 1. The van der Waals surface area contributed by atoms with Crippen LogP contribution < -0.4 is 19.7 Å². The monoisotopic (exact) mass is 420 g/mol. The summed E-state index contributed by atoms with van der Waals surface area (Å²) in [5.41, 5.74) is 2.45. The van der Waals surface area contributed by atoms with Gasteiger partial charge in [0.25, 0.3) is 0 Å². The predicted octanol–water partition coefficient (Wildman–Crippen LogP) is 3.71. The Morgan fingerprint density at radius 3 is 2.42 bits per heavy atom. The number of hydrogen-bond acceptors (Lipinski definition) is 4. The van der Waals surface area contributed by atoms with E-state index in [0.29, 0.717) is 26.2 Å². The lowest BCUT2D eigenvalue weighted by atomic mass is 9.77. The van der Waals surface area contributed by atoms with Crippen LogP contribution in [0.25, 0.3) is 0 Å². The molecule has 162 valence electrons. The number of amides is 2. The SMILES string of the molecule is O=C1CCCN1c1ccc(CNC(=O)C2(c3ccc4c(c3)OCCO4)CCCC2)cc1. The third kappa shape index (κ3) is 3.75. The zero-order valence-electron chi connectivity index (χ0n) is 17.7. The van der Waals surface area contributed by atoms with E-state index in [4.69, 9.17) is 9.47 Å². The third-order valence-electron chi connectivity index (χ3n) is 6.76. The molecule has 2 amide bonds. The van der Waals surface area contributed by atoms with Crippen molar-refractivity contribution in [1.29, 1.82) is 0 Å². The van der Waals surface area contributed by atoms with Crippen molar-refractivity contribution in [2.24, 2.45) is 0 Å². The highest BCUT2D eigenvalue weighted by Gasteiger charge is 2.43. The van der Waals surface area contributed by atoms with E-state index in [1.54, 1.807) is 0 Å². The van der Waals surface area contributed by atoms with Gasteiger partial charge in [-0.25, -0.2) is 0 Å². The first-order valence-corrected chi connectivity index (χ1v) is 11.2. The normalized spacial score (nSPS) is 19.5. The van der Waals surface area contributed by atoms with E-state index < -0.39 is 5.41 Å². The Bertz CT molecular complexity index is 980. The van der Waals surface area contributed by atoms with Crippen LogP contribution in [0.3, 0.4) is 0 Å². The van der Waals surface area contributed by atoms with Crippen LogP contribution in [0.1, 0.15) is 49.7 Å². The summed E-state index contributed by atoms with van der Waals surface area (Å²) in [6.45, 7) is 2.35. The lowest BCUT2D eigenvalue weighted by Crippen LogP contribution is -2.42. The van der Waals surface area contributed by atoms with E-state index in [-0.39, 0.29) is 11.8 Å². The molecular weight excluding hydrogens is 392 g/mol. The zero-order valence-corrected chi connectivity index (χ0v) is 17.7. The molecule has 5 rings (SSSR count). The van der Waals surface area contributed by atoms with Gasteiger partial charge in [-0.15, -0.1) is 0 Å². The van der Waals surface area contributed by atoms with Crippen molar-refractivity contribution >= 4 is 17.5 Å². The molecule has 2 heterocycles. The second kappa shape index (κ2) is 8.25. The maximum Gasteiger partial charge on any atom is 0.230 e. The molecular formula is C25H28N2O4. The van der Waals surface area contributed by atoms with Gasteiger partial charge in [-0.3, -0.25) is 9.59 Å². The fourth-order valence-electron chi connectivity index (χ4n) is 5.03. The molecule has 2 aliphatic heterocycles. The van der Waals surface area contributed by atoms with Gasteiger partial charge in [-0.1, -0.05) is 31.0 Å². The van der Waals surface area contributed by atoms with Crippen molar-refractivity contribution < 1.29 is 19.1 Å². The average Bonchev–Trinajstić information content (AvgIpc) is 3.48. The Balaban J connectivity index is 1.29. The van der Waals surface area contributed by atoms with Crippen LogP contribution in [0.4, 0.5) is 5.69 Å². The number of anilines is 1. The standard InChI is InChI=1S/C25H28N2O4/c28-23-4-3-13-27(23)20-8-5-18(6-9-20)17-26-24(29)25(11-1-2-12-25)19-7-10-21-22(16-19)31-15-14-30-21/h5-10,16H,1-4,11-15,17H2,(H,26,29). The highest BCUT2D eigenvalue weighted by Crippen LogP contribution is 2.44. The predicted molar refractivity (Wildman–Crippen MR) is 117 cm³/mol. The molecule has 6 heteroatoms. The molecule has 1 saturated carbocycles. The molecule has 0 radical (unpaired) electrons. The number of carbonyl (C=O) groups excluding carboxylic acids is 2. The molecule has 31 heavy (non-hydrogen) atoms. The molecule has 2 aromatic carbocycles. The van der Waals surface area contributed by atoms with Crippen molar-refractivity contribution in [2.45, 2.75) is 50.5 Å². The van der Waals surface area contributed by atoms with Crippen LogP contribution in [0.2, 0.25) is 0 Å². The summed E-state index contributed by atoms with van der Waals surface area (Å²) >= 11 is 0. The molecule has 0 bridgehead atoms. The van der Waals surface area contributed by atoms with Gasteiger partial charge in [-0.05, 0) is 54.7 Å². The summed E-state index contributed by atoms with van der Waals surface area (Å²) in [4.78, 5) is 27.2. The van der Waals surface area contributed by atoms with E-state index in [0.717, 1.165) is 67.0 Å². The molecule has 1 saturated heterocycles. The fraction of sp³-hybridized carbons (Fsp3) is 0.440. The Kier molecular flexibility index (Phi) is 5.30. The molecule has 0 atom stereocenters. The molecule has 2 aromatic rings. The largest absolute Gasteiger partial charge is 0.486 e. The lowest BCUT2D eigenvalue weighted by Gasteiger charge is -2.30. The molecule has 1 N–H and O–H groups in total. The third-order valence-corrected chi connectivity index (χ3v) is 6.76. The highest BCUT2D eigenvalue weighted by atomic mass is 16.6. The second-order valence-electron chi connectivity index (χ2n) is 8.65. The van der Waals surface area contributed by atoms with Crippen LogP contribution in [-0.2, 0) is 21.5 Å². The quantitative estimate of drug-likeness (QED) is 0.801. The number of benzene rings is 2. The van der Waals surface area contributed by atoms with Crippen molar-refractivity contribution in [1.82, 2.24) is 5.32 Å². The number of rotatable bonds is 5. The molecule has 1 aliphatic carbocycles. The molecule has 0 aromatic heterocycles. The topological polar surface area (TPSA) is 67.9 Å². The Morgan fingerprint density at radius 2 is 1.71 bits per heavy atom. The van der Waals surface area contributed by atoms with E-state index in [1.165, 1.54) is 0 Å². The molecule has 6 nitrogen and oxygen atoms in total. The van der Waals surface area contributed by atoms with Gasteiger partial charge in [0.1, 0.15) is 13.2 Å². The summed E-state index contributed by atoms with van der Waals surface area (Å²) in [6, 6.07) is 13.9. The zero-order chi connectivity index (χ0) is 21.3. The summed E-state index contributed by atoms with van der Waals surface area (Å²) < 4.78 is 11.4. The lowest BCUT2D eigenvalue weighted by molar-refractivity contribution is -0.126.